The van der Waals surface area contributed by atoms with E-state index in [1.54, 1.807) is 30.5 Å². The van der Waals surface area contributed by atoms with Crippen molar-refractivity contribution in [2.45, 2.75) is 19.3 Å². The summed E-state index contributed by atoms with van der Waals surface area (Å²) in [6, 6.07) is 12.3. The van der Waals surface area contributed by atoms with Crippen LogP contribution in [0.1, 0.15) is 11.3 Å². The molecule has 0 radical (unpaired) electrons. The molecule has 0 unspecified atom stereocenters. The van der Waals surface area contributed by atoms with Gasteiger partial charge in [-0.15, -0.1) is 0 Å². The van der Waals surface area contributed by atoms with Crippen LogP contribution >= 0.6 is 0 Å². The Morgan fingerprint density at radius 1 is 1.07 bits per heavy atom. The molecule has 1 aromatic carbocycles. The fourth-order valence-electron chi connectivity index (χ4n) is 2.01. The van der Waals surface area contributed by atoms with E-state index in [4.69, 9.17) is 4.74 Å². The van der Waals surface area contributed by atoms with Gasteiger partial charge in [-0.1, -0.05) is 18.2 Å². The first-order chi connectivity index (χ1) is 12.9. The second-order valence-corrected chi connectivity index (χ2v) is 5.53. The number of hydrogen-bond donors (Lipinski definition) is 2. The summed E-state index contributed by atoms with van der Waals surface area (Å²) in [5, 5.41) is 5.02. The van der Waals surface area contributed by atoms with Crippen molar-refractivity contribution in [2.24, 2.45) is 0 Å². The molecule has 0 fully saturated rings. The van der Waals surface area contributed by atoms with Crippen molar-refractivity contribution in [3.8, 4) is 5.75 Å². The van der Waals surface area contributed by atoms with E-state index >= 15 is 0 Å². The number of carbonyl (C=O) groups excluding carboxylic acids is 1. The Balaban J connectivity index is 1.62. The molecule has 0 aliphatic carbocycles. The number of benzene rings is 1. The van der Waals surface area contributed by atoms with E-state index in [9.17, 15) is 18.0 Å². The fourth-order valence-corrected chi connectivity index (χ4v) is 2.01. The van der Waals surface area contributed by atoms with Gasteiger partial charge in [-0.25, -0.2) is 4.79 Å². The molecule has 2 amide bonds. The lowest BCUT2D eigenvalue weighted by atomic mass is 10.2. The molecule has 6 nitrogen and oxygen atoms in total. The van der Waals surface area contributed by atoms with E-state index in [2.05, 4.69) is 20.4 Å². The van der Waals surface area contributed by atoms with Crippen LogP contribution in [0, 0.1) is 0 Å². The van der Waals surface area contributed by atoms with Crippen molar-refractivity contribution in [1.82, 2.24) is 15.6 Å². The Kier molecular flexibility index (Phi) is 7.87. The number of urea groups is 1. The number of hydrogen-bond acceptors (Lipinski definition) is 4. The largest absolute Gasteiger partial charge is 0.487 e. The molecule has 0 saturated heterocycles. The van der Waals surface area contributed by atoms with Crippen LogP contribution in [0.2, 0.25) is 0 Å². The number of carbonyl (C=O) groups is 1. The first-order valence-corrected chi connectivity index (χ1v) is 8.20. The van der Waals surface area contributed by atoms with Crippen molar-refractivity contribution < 1.29 is 27.4 Å². The van der Waals surface area contributed by atoms with Crippen LogP contribution in [0.25, 0.3) is 0 Å². The molecule has 2 N–H and O–H groups in total. The molecule has 0 saturated carbocycles. The monoisotopic (exact) mass is 383 g/mol. The van der Waals surface area contributed by atoms with E-state index in [0.29, 0.717) is 12.4 Å². The number of nitrogens with one attached hydrogen (secondary N) is 2. The SMILES string of the molecule is O=C(NCCOCC(F)(F)F)NCc1ccc(OCc2ccccn2)cc1. The number of halogens is 3. The minimum absolute atomic E-state index is 0.0117. The Bertz CT molecular complexity index is 694. The highest BCUT2D eigenvalue weighted by Gasteiger charge is 2.27. The van der Waals surface area contributed by atoms with Crippen LogP contribution in [0.15, 0.2) is 48.7 Å². The maximum Gasteiger partial charge on any atom is 0.411 e. The summed E-state index contributed by atoms with van der Waals surface area (Å²) in [5.74, 6) is 0.677. The van der Waals surface area contributed by atoms with Gasteiger partial charge in [0.2, 0.25) is 0 Å². The fraction of sp³-hybridized carbons (Fsp3) is 0.333. The van der Waals surface area contributed by atoms with Crippen molar-refractivity contribution in [2.75, 3.05) is 19.8 Å². The molecule has 146 valence electrons. The van der Waals surface area contributed by atoms with Gasteiger partial charge in [-0.05, 0) is 29.8 Å². The van der Waals surface area contributed by atoms with E-state index in [1.807, 2.05) is 18.2 Å². The number of aromatic nitrogens is 1. The zero-order chi connectivity index (χ0) is 19.5. The number of pyridine rings is 1. The second-order valence-electron chi connectivity index (χ2n) is 5.53. The molecule has 0 bridgehead atoms. The average Bonchev–Trinajstić information content (AvgIpc) is 2.65. The highest BCUT2D eigenvalue weighted by Crippen LogP contribution is 2.14. The Morgan fingerprint density at radius 2 is 1.85 bits per heavy atom. The van der Waals surface area contributed by atoms with Gasteiger partial charge in [0.25, 0.3) is 0 Å². The van der Waals surface area contributed by atoms with E-state index < -0.39 is 18.8 Å². The quantitative estimate of drug-likeness (QED) is 0.653. The molecule has 2 rings (SSSR count). The molecule has 27 heavy (non-hydrogen) atoms. The molecule has 0 aliphatic rings. The van der Waals surface area contributed by atoms with Gasteiger partial charge in [-0.3, -0.25) is 4.98 Å². The summed E-state index contributed by atoms with van der Waals surface area (Å²) in [6.07, 6.45) is -2.67. The maximum absolute atomic E-state index is 11.9. The molecular weight excluding hydrogens is 363 g/mol. The average molecular weight is 383 g/mol. The summed E-state index contributed by atoms with van der Waals surface area (Å²) in [5.41, 5.74) is 1.67. The third kappa shape index (κ3) is 8.91. The summed E-state index contributed by atoms with van der Waals surface area (Å²) >= 11 is 0. The minimum atomic E-state index is -4.37. The molecule has 9 heteroatoms. The van der Waals surface area contributed by atoms with Crippen molar-refractivity contribution in [3.05, 3.63) is 59.9 Å². The molecule has 0 aliphatic heterocycles. The summed E-state index contributed by atoms with van der Waals surface area (Å²) in [6.45, 7) is -0.921. The molecule has 1 heterocycles. The first-order valence-electron chi connectivity index (χ1n) is 8.20. The van der Waals surface area contributed by atoms with Crippen LogP contribution < -0.4 is 15.4 Å². The van der Waals surface area contributed by atoms with Crippen LogP contribution in [-0.2, 0) is 17.9 Å². The summed E-state index contributed by atoms with van der Waals surface area (Å²) < 4.78 is 45.6. The normalized spacial score (nSPS) is 11.1. The Morgan fingerprint density at radius 3 is 2.52 bits per heavy atom. The molecule has 0 atom stereocenters. The summed E-state index contributed by atoms with van der Waals surface area (Å²) in [7, 11) is 0. The second kappa shape index (κ2) is 10.4. The van der Waals surface area contributed by atoms with Gasteiger partial charge < -0.3 is 20.1 Å². The van der Waals surface area contributed by atoms with E-state index in [1.165, 1.54) is 0 Å². The molecule has 0 spiro atoms. The zero-order valence-corrected chi connectivity index (χ0v) is 14.5. The van der Waals surface area contributed by atoms with Gasteiger partial charge in [0.05, 0.1) is 12.3 Å². The lowest BCUT2D eigenvalue weighted by Crippen LogP contribution is -2.37. The highest BCUT2D eigenvalue weighted by atomic mass is 19.4. The molecule has 2 aromatic rings. The van der Waals surface area contributed by atoms with Gasteiger partial charge in [0.15, 0.2) is 0 Å². The number of amides is 2. The van der Waals surface area contributed by atoms with Gasteiger partial charge in [0, 0.05) is 19.3 Å². The molecular formula is C18H20F3N3O3. The number of nitrogens with zero attached hydrogens (tertiary/aromatic N) is 1. The maximum atomic E-state index is 11.9. The van der Waals surface area contributed by atoms with Gasteiger partial charge in [-0.2, -0.15) is 13.2 Å². The lowest BCUT2D eigenvalue weighted by Gasteiger charge is -2.10. The Labute approximate surface area is 154 Å². The standard InChI is InChI=1S/C18H20F3N3O3/c19-18(20,21)13-26-10-9-23-17(25)24-11-14-4-6-16(7-5-14)27-12-15-3-1-2-8-22-15/h1-8H,9-13H2,(H2,23,24,25). The first kappa shape index (κ1) is 20.5. The van der Waals surface area contributed by atoms with E-state index in [0.717, 1.165) is 11.3 Å². The molecule has 1 aromatic heterocycles. The summed E-state index contributed by atoms with van der Waals surface area (Å²) in [4.78, 5) is 15.7. The third-order valence-electron chi connectivity index (χ3n) is 3.29. The van der Waals surface area contributed by atoms with Crippen LogP contribution in [0.3, 0.4) is 0 Å². The predicted octanol–water partition coefficient (Wildman–Crippen LogP) is 3.04. The van der Waals surface area contributed by atoms with Gasteiger partial charge >= 0.3 is 12.2 Å². The van der Waals surface area contributed by atoms with Crippen molar-refractivity contribution >= 4 is 6.03 Å². The van der Waals surface area contributed by atoms with Gasteiger partial charge in [0.1, 0.15) is 19.0 Å². The topological polar surface area (TPSA) is 72.5 Å². The zero-order valence-electron chi connectivity index (χ0n) is 14.5. The number of rotatable bonds is 9. The predicted molar refractivity (Wildman–Crippen MR) is 92.1 cm³/mol. The van der Waals surface area contributed by atoms with Crippen LogP contribution in [0.5, 0.6) is 5.75 Å². The smallest absolute Gasteiger partial charge is 0.411 e. The minimum Gasteiger partial charge on any atom is -0.487 e. The number of ether oxygens (including phenoxy) is 2. The highest BCUT2D eigenvalue weighted by molar-refractivity contribution is 5.73. The Hall–Kier alpha value is -2.81. The van der Waals surface area contributed by atoms with Crippen molar-refractivity contribution in [1.29, 1.82) is 0 Å². The third-order valence-corrected chi connectivity index (χ3v) is 3.29. The van der Waals surface area contributed by atoms with E-state index in [-0.39, 0.29) is 19.7 Å². The number of alkyl halides is 3. The van der Waals surface area contributed by atoms with Crippen LogP contribution in [0.4, 0.5) is 18.0 Å². The van der Waals surface area contributed by atoms with Crippen LogP contribution in [-0.4, -0.2) is 36.9 Å². The lowest BCUT2D eigenvalue weighted by molar-refractivity contribution is -0.173. The van der Waals surface area contributed by atoms with Crippen molar-refractivity contribution in [3.63, 3.8) is 0 Å².